The summed E-state index contributed by atoms with van der Waals surface area (Å²) in [5, 5.41) is -0.557. The van der Waals surface area contributed by atoms with Gasteiger partial charge < -0.3 is 4.90 Å². The van der Waals surface area contributed by atoms with Gasteiger partial charge in [0.2, 0.25) is 5.91 Å². The van der Waals surface area contributed by atoms with Crippen molar-refractivity contribution in [1.29, 1.82) is 0 Å². The molecule has 1 unspecified atom stereocenters. The Hall–Kier alpha value is -0.390. The lowest BCUT2D eigenvalue weighted by molar-refractivity contribution is -0.143. The number of halogens is 3. The van der Waals surface area contributed by atoms with Crippen molar-refractivity contribution in [3.63, 3.8) is 0 Å². The number of amides is 1. The van der Waals surface area contributed by atoms with Crippen LogP contribution in [0.2, 0.25) is 0 Å². The van der Waals surface area contributed by atoms with Crippen molar-refractivity contribution in [2.75, 3.05) is 13.6 Å². The van der Waals surface area contributed by atoms with Crippen LogP contribution >= 0.6 is 12.6 Å². The van der Waals surface area contributed by atoms with E-state index in [2.05, 4.69) is 12.6 Å². The molecule has 1 amide bonds. The lowest BCUT2D eigenvalue weighted by Crippen LogP contribution is -2.34. The van der Waals surface area contributed by atoms with Gasteiger partial charge in [0.1, 0.15) is 0 Å². The Morgan fingerprint density at radius 3 is 2.31 bits per heavy atom. The van der Waals surface area contributed by atoms with E-state index < -0.39 is 23.8 Å². The van der Waals surface area contributed by atoms with Crippen molar-refractivity contribution < 1.29 is 18.0 Å². The number of thiol groups is 1. The van der Waals surface area contributed by atoms with E-state index in [9.17, 15) is 18.0 Å². The van der Waals surface area contributed by atoms with E-state index in [4.69, 9.17) is 0 Å². The number of rotatable bonds is 3. The van der Waals surface area contributed by atoms with Gasteiger partial charge in [0.25, 0.3) is 0 Å². The zero-order valence-corrected chi connectivity index (χ0v) is 8.32. The molecular formula is C7H12F3NOS. The minimum Gasteiger partial charge on any atom is -0.344 e. The molecule has 1 atom stereocenters. The summed E-state index contributed by atoms with van der Waals surface area (Å²) in [4.78, 5) is 12.1. The first-order valence-electron chi connectivity index (χ1n) is 3.74. The fraction of sp³-hybridized carbons (Fsp3) is 0.857. The lowest BCUT2D eigenvalue weighted by atomic mass is 10.3. The lowest BCUT2D eigenvalue weighted by Gasteiger charge is -2.19. The molecule has 0 saturated heterocycles. The Labute approximate surface area is 80.5 Å². The maximum atomic E-state index is 11.7. The number of carbonyl (C=O) groups excluding carboxylic acids is 1. The van der Waals surface area contributed by atoms with E-state index in [1.807, 2.05) is 0 Å². The predicted octanol–water partition coefficient (Wildman–Crippen LogP) is 1.72. The summed E-state index contributed by atoms with van der Waals surface area (Å²) < 4.78 is 35.2. The van der Waals surface area contributed by atoms with Gasteiger partial charge in [-0.15, -0.1) is 0 Å². The number of nitrogens with zero attached hydrogens (tertiary/aromatic N) is 1. The smallest absolute Gasteiger partial charge is 0.344 e. The number of carbonyl (C=O) groups is 1. The molecular weight excluding hydrogens is 203 g/mol. The molecule has 0 bridgehead atoms. The Bertz CT molecular complexity index is 181. The van der Waals surface area contributed by atoms with Gasteiger partial charge in [-0.1, -0.05) is 0 Å². The molecule has 0 heterocycles. The van der Waals surface area contributed by atoms with Crippen molar-refractivity contribution >= 4 is 18.5 Å². The van der Waals surface area contributed by atoms with Gasteiger partial charge in [0.15, 0.2) is 0 Å². The van der Waals surface area contributed by atoms with Crippen molar-refractivity contribution in [1.82, 2.24) is 4.90 Å². The summed E-state index contributed by atoms with van der Waals surface area (Å²) in [7, 11) is 1.33. The molecule has 0 aromatic rings. The number of hydrogen-bond acceptors (Lipinski definition) is 2. The van der Waals surface area contributed by atoms with Gasteiger partial charge >= 0.3 is 6.18 Å². The highest BCUT2D eigenvalue weighted by Gasteiger charge is 2.28. The van der Waals surface area contributed by atoms with Crippen LogP contribution in [0, 0.1) is 0 Å². The third-order valence-electron chi connectivity index (χ3n) is 1.46. The second-order valence-corrected chi connectivity index (χ2v) is 3.58. The van der Waals surface area contributed by atoms with Crippen LogP contribution in [-0.2, 0) is 4.79 Å². The number of alkyl halides is 3. The van der Waals surface area contributed by atoms with Crippen LogP contribution in [0.5, 0.6) is 0 Å². The Morgan fingerprint density at radius 1 is 1.54 bits per heavy atom. The van der Waals surface area contributed by atoms with Crippen LogP contribution in [0.3, 0.4) is 0 Å². The van der Waals surface area contributed by atoms with Gasteiger partial charge in [-0.25, -0.2) is 0 Å². The first-order valence-corrected chi connectivity index (χ1v) is 4.25. The molecule has 0 aliphatic carbocycles. The number of hydrogen-bond donors (Lipinski definition) is 1. The predicted molar refractivity (Wildman–Crippen MR) is 46.8 cm³/mol. The molecule has 0 spiro atoms. The standard InChI is InChI=1S/C7H12F3NOS/c1-5(13)6(12)11(2)4-3-7(8,9)10/h5,13H,3-4H2,1-2H3. The topological polar surface area (TPSA) is 20.3 Å². The van der Waals surface area contributed by atoms with Crippen LogP contribution in [0.4, 0.5) is 13.2 Å². The Morgan fingerprint density at radius 2 is 2.00 bits per heavy atom. The van der Waals surface area contributed by atoms with E-state index >= 15 is 0 Å². The fourth-order valence-electron chi connectivity index (χ4n) is 0.724. The second kappa shape index (κ2) is 4.74. The first-order chi connectivity index (χ1) is 5.74. The van der Waals surface area contributed by atoms with Crippen LogP contribution < -0.4 is 0 Å². The molecule has 0 radical (unpaired) electrons. The first kappa shape index (κ1) is 12.6. The van der Waals surface area contributed by atoms with Gasteiger partial charge in [0.05, 0.1) is 11.7 Å². The van der Waals surface area contributed by atoms with Crippen molar-refractivity contribution in [3.05, 3.63) is 0 Å². The van der Waals surface area contributed by atoms with Crippen LogP contribution in [0.25, 0.3) is 0 Å². The second-order valence-electron chi connectivity index (χ2n) is 2.80. The highest BCUT2D eigenvalue weighted by atomic mass is 32.1. The zero-order chi connectivity index (χ0) is 10.6. The molecule has 0 fully saturated rings. The Kier molecular flexibility index (Phi) is 4.60. The molecule has 13 heavy (non-hydrogen) atoms. The summed E-state index contributed by atoms with van der Waals surface area (Å²) in [6, 6.07) is 0. The summed E-state index contributed by atoms with van der Waals surface area (Å²) in [6.45, 7) is 1.21. The normalized spacial score (nSPS) is 14.0. The Balaban J connectivity index is 3.88. The molecule has 0 aromatic heterocycles. The molecule has 6 heteroatoms. The molecule has 0 aliphatic rings. The van der Waals surface area contributed by atoms with E-state index in [0.29, 0.717) is 0 Å². The third kappa shape index (κ3) is 5.79. The largest absolute Gasteiger partial charge is 0.390 e. The summed E-state index contributed by atoms with van der Waals surface area (Å²) in [6.07, 6.45) is -5.19. The highest BCUT2D eigenvalue weighted by Crippen LogP contribution is 2.19. The third-order valence-corrected chi connectivity index (χ3v) is 1.69. The minimum atomic E-state index is -4.21. The maximum absolute atomic E-state index is 11.7. The van der Waals surface area contributed by atoms with Gasteiger partial charge in [-0.3, -0.25) is 4.79 Å². The average molecular weight is 215 g/mol. The zero-order valence-electron chi connectivity index (χ0n) is 7.43. The van der Waals surface area contributed by atoms with Gasteiger partial charge in [0, 0.05) is 13.6 Å². The molecule has 0 aromatic carbocycles. The van der Waals surface area contributed by atoms with Crippen molar-refractivity contribution in [2.24, 2.45) is 0 Å². The molecule has 78 valence electrons. The minimum absolute atomic E-state index is 0.312. The van der Waals surface area contributed by atoms with E-state index in [1.165, 1.54) is 14.0 Å². The molecule has 0 rings (SSSR count). The van der Waals surface area contributed by atoms with Gasteiger partial charge in [-0.05, 0) is 6.92 Å². The van der Waals surface area contributed by atoms with E-state index in [-0.39, 0.29) is 6.54 Å². The van der Waals surface area contributed by atoms with Crippen LogP contribution in [0.1, 0.15) is 13.3 Å². The molecule has 0 aliphatic heterocycles. The quantitative estimate of drug-likeness (QED) is 0.711. The summed E-state index contributed by atoms with van der Waals surface area (Å²) in [5.74, 6) is -0.396. The maximum Gasteiger partial charge on any atom is 0.390 e. The summed E-state index contributed by atoms with van der Waals surface area (Å²) >= 11 is 3.83. The van der Waals surface area contributed by atoms with Crippen molar-refractivity contribution in [2.45, 2.75) is 24.8 Å². The van der Waals surface area contributed by atoms with Gasteiger partial charge in [-0.2, -0.15) is 25.8 Å². The monoisotopic (exact) mass is 215 g/mol. The fourth-order valence-corrected chi connectivity index (χ4v) is 0.921. The highest BCUT2D eigenvalue weighted by molar-refractivity contribution is 7.81. The van der Waals surface area contributed by atoms with Crippen LogP contribution in [-0.4, -0.2) is 35.8 Å². The molecule has 0 N–H and O–H groups in total. The average Bonchev–Trinajstić information content (AvgIpc) is 1.97. The molecule has 0 saturated carbocycles. The van der Waals surface area contributed by atoms with E-state index in [1.54, 1.807) is 0 Å². The summed E-state index contributed by atoms with van der Waals surface area (Å²) in [5.41, 5.74) is 0. The van der Waals surface area contributed by atoms with Crippen LogP contribution in [0.15, 0.2) is 0 Å². The SMILES string of the molecule is CC(S)C(=O)N(C)CCC(F)(F)F. The van der Waals surface area contributed by atoms with Crippen molar-refractivity contribution in [3.8, 4) is 0 Å². The molecule has 2 nitrogen and oxygen atoms in total. The van der Waals surface area contributed by atoms with E-state index in [0.717, 1.165) is 4.90 Å².